The molecule has 0 saturated carbocycles. The SMILES string of the molecule is CCc1nc(C)c(C(=O)O)c(SCc2cnc(Cl)s2)n1. The normalized spacial score (nSPS) is 10.8. The van der Waals surface area contributed by atoms with Crippen LogP contribution in [0.15, 0.2) is 11.2 Å². The van der Waals surface area contributed by atoms with Crippen LogP contribution in [0.25, 0.3) is 0 Å². The van der Waals surface area contributed by atoms with E-state index in [0.29, 0.717) is 33.2 Å². The predicted molar refractivity (Wildman–Crippen MR) is 79.8 cm³/mol. The molecular formula is C12H12ClN3O2S2. The van der Waals surface area contributed by atoms with E-state index in [-0.39, 0.29) is 5.56 Å². The van der Waals surface area contributed by atoms with Gasteiger partial charge in [0.25, 0.3) is 0 Å². The summed E-state index contributed by atoms with van der Waals surface area (Å²) >= 11 is 8.52. The number of aromatic carboxylic acids is 1. The van der Waals surface area contributed by atoms with Crippen molar-refractivity contribution in [2.45, 2.75) is 31.0 Å². The topological polar surface area (TPSA) is 76.0 Å². The first-order valence-corrected chi connectivity index (χ1v) is 8.03. The lowest BCUT2D eigenvalue weighted by Crippen LogP contribution is -2.09. The van der Waals surface area contributed by atoms with E-state index in [9.17, 15) is 9.90 Å². The van der Waals surface area contributed by atoms with Gasteiger partial charge in [0.15, 0.2) is 4.47 Å². The molecule has 0 aliphatic rings. The van der Waals surface area contributed by atoms with Crippen molar-refractivity contribution in [1.82, 2.24) is 15.0 Å². The first kappa shape index (κ1) is 15.2. The summed E-state index contributed by atoms with van der Waals surface area (Å²) < 4.78 is 0.479. The predicted octanol–water partition coefficient (Wildman–Crippen LogP) is 3.45. The van der Waals surface area contributed by atoms with Crippen LogP contribution in [-0.2, 0) is 12.2 Å². The van der Waals surface area contributed by atoms with E-state index in [1.165, 1.54) is 23.1 Å². The van der Waals surface area contributed by atoms with Crippen LogP contribution in [0, 0.1) is 6.92 Å². The van der Waals surface area contributed by atoms with Crippen LogP contribution in [0.2, 0.25) is 4.47 Å². The summed E-state index contributed by atoms with van der Waals surface area (Å²) in [5.41, 5.74) is 0.664. The maximum Gasteiger partial charge on any atom is 0.340 e. The molecule has 0 radical (unpaired) electrons. The molecule has 0 bridgehead atoms. The number of carboxylic acid groups (broad SMARTS) is 1. The molecule has 2 heterocycles. The molecule has 0 aromatic carbocycles. The Morgan fingerprint density at radius 1 is 1.50 bits per heavy atom. The van der Waals surface area contributed by atoms with Gasteiger partial charge in [-0.1, -0.05) is 30.3 Å². The van der Waals surface area contributed by atoms with Crippen molar-refractivity contribution in [3.63, 3.8) is 0 Å². The fourth-order valence-corrected chi connectivity index (χ4v) is 3.69. The second kappa shape index (κ2) is 6.51. The summed E-state index contributed by atoms with van der Waals surface area (Å²) in [6, 6.07) is 0. The summed E-state index contributed by atoms with van der Waals surface area (Å²) in [7, 11) is 0. The summed E-state index contributed by atoms with van der Waals surface area (Å²) in [6.07, 6.45) is 2.36. The molecule has 0 unspecified atom stereocenters. The van der Waals surface area contributed by atoms with E-state index >= 15 is 0 Å². The summed E-state index contributed by atoms with van der Waals surface area (Å²) in [4.78, 5) is 24.8. The van der Waals surface area contributed by atoms with E-state index in [2.05, 4.69) is 15.0 Å². The lowest BCUT2D eigenvalue weighted by Gasteiger charge is -2.08. The lowest BCUT2D eigenvalue weighted by molar-refractivity contribution is 0.0690. The number of carbonyl (C=O) groups is 1. The molecule has 0 saturated heterocycles. The second-order valence-electron chi connectivity index (χ2n) is 3.93. The lowest BCUT2D eigenvalue weighted by atomic mass is 10.2. The van der Waals surface area contributed by atoms with E-state index in [0.717, 1.165) is 4.88 Å². The van der Waals surface area contributed by atoms with Crippen LogP contribution in [0.4, 0.5) is 0 Å². The van der Waals surface area contributed by atoms with Crippen molar-refractivity contribution in [1.29, 1.82) is 0 Å². The molecule has 0 aliphatic heterocycles. The number of thiazole rings is 1. The van der Waals surface area contributed by atoms with Gasteiger partial charge in [-0.2, -0.15) is 0 Å². The maximum absolute atomic E-state index is 11.3. The highest BCUT2D eigenvalue weighted by molar-refractivity contribution is 7.98. The fraction of sp³-hybridized carbons (Fsp3) is 0.333. The average Bonchev–Trinajstić information content (AvgIpc) is 2.81. The van der Waals surface area contributed by atoms with Gasteiger partial charge in [-0.05, 0) is 6.92 Å². The van der Waals surface area contributed by atoms with Crippen LogP contribution in [-0.4, -0.2) is 26.0 Å². The van der Waals surface area contributed by atoms with Crippen molar-refractivity contribution in [3.8, 4) is 0 Å². The van der Waals surface area contributed by atoms with Gasteiger partial charge >= 0.3 is 5.97 Å². The highest BCUT2D eigenvalue weighted by Gasteiger charge is 2.18. The molecule has 1 N–H and O–H groups in total. The number of carboxylic acids is 1. The molecule has 0 aliphatic carbocycles. The summed E-state index contributed by atoms with van der Waals surface area (Å²) in [5, 5.41) is 9.78. The Morgan fingerprint density at radius 3 is 2.80 bits per heavy atom. The maximum atomic E-state index is 11.3. The number of hydrogen-bond acceptors (Lipinski definition) is 6. The third-order valence-electron chi connectivity index (χ3n) is 2.51. The monoisotopic (exact) mass is 329 g/mol. The molecule has 2 aromatic heterocycles. The molecule has 106 valence electrons. The minimum Gasteiger partial charge on any atom is -0.478 e. The third-order valence-corrected chi connectivity index (χ3v) is 4.83. The van der Waals surface area contributed by atoms with Gasteiger partial charge in [-0.15, -0.1) is 11.3 Å². The smallest absolute Gasteiger partial charge is 0.340 e. The zero-order valence-electron chi connectivity index (χ0n) is 10.9. The first-order chi connectivity index (χ1) is 9.51. The Labute approximate surface area is 129 Å². The molecule has 0 spiro atoms. The number of hydrogen-bond donors (Lipinski definition) is 1. The van der Waals surface area contributed by atoms with E-state index in [1.807, 2.05) is 6.92 Å². The average molecular weight is 330 g/mol. The third kappa shape index (κ3) is 3.47. The van der Waals surface area contributed by atoms with Crippen LogP contribution < -0.4 is 0 Å². The van der Waals surface area contributed by atoms with Crippen molar-refractivity contribution in [2.24, 2.45) is 0 Å². The van der Waals surface area contributed by atoms with Gasteiger partial charge in [-0.25, -0.2) is 19.7 Å². The molecule has 5 nitrogen and oxygen atoms in total. The number of halogens is 1. The van der Waals surface area contributed by atoms with Crippen molar-refractivity contribution < 1.29 is 9.90 Å². The Morgan fingerprint density at radius 2 is 2.25 bits per heavy atom. The Balaban J connectivity index is 2.28. The standard InChI is InChI=1S/C12H12ClN3O2S2/c1-3-8-15-6(2)9(11(17)18)10(16-8)19-5-7-4-14-12(13)20-7/h4H,3,5H2,1-2H3,(H,17,18). The fourth-order valence-electron chi connectivity index (χ4n) is 1.60. The minimum atomic E-state index is -1.00. The molecule has 2 rings (SSSR count). The minimum absolute atomic E-state index is 0.169. The van der Waals surface area contributed by atoms with E-state index in [4.69, 9.17) is 11.6 Å². The molecule has 8 heteroatoms. The van der Waals surface area contributed by atoms with Crippen LogP contribution >= 0.6 is 34.7 Å². The zero-order valence-corrected chi connectivity index (χ0v) is 13.3. The summed E-state index contributed by atoms with van der Waals surface area (Å²) in [6.45, 7) is 3.63. The van der Waals surface area contributed by atoms with Crippen molar-refractivity contribution >= 4 is 40.7 Å². The molecule has 0 atom stereocenters. The molecule has 0 amide bonds. The van der Waals surface area contributed by atoms with E-state index in [1.54, 1.807) is 13.1 Å². The molecular weight excluding hydrogens is 318 g/mol. The van der Waals surface area contributed by atoms with Gasteiger partial charge in [-0.3, -0.25) is 0 Å². The van der Waals surface area contributed by atoms with Crippen LogP contribution in [0.3, 0.4) is 0 Å². The van der Waals surface area contributed by atoms with Gasteiger partial charge in [0.2, 0.25) is 0 Å². The Kier molecular flexibility index (Phi) is 4.95. The summed E-state index contributed by atoms with van der Waals surface area (Å²) in [5.74, 6) is 0.233. The zero-order chi connectivity index (χ0) is 14.7. The van der Waals surface area contributed by atoms with Crippen molar-refractivity contribution in [3.05, 3.63) is 32.6 Å². The quantitative estimate of drug-likeness (QED) is 0.669. The molecule has 20 heavy (non-hydrogen) atoms. The first-order valence-electron chi connectivity index (χ1n) is 5.85. The second-order valence-corrected chi connectivity index (χ2v) is 6.59. The van der Waals surface area contributed by atoms with Gasteiger partial charge < -0.3 is 5.11 Å². The highest BCUT2D eigenvalue weighted by Crippen LogP contribution is 2.29. The number of nitrogens with zero attached hydrogens (tertiary/aromatic N) is 3. The number of rotatable bonds is 5. The molecule has 0 fully saturated rings. The van der Waals surface area contributed by atoms with Gasteiger partial charge in [0, 0.05) is 23.2 Å². The molecule has 2 aromatic rings. The van der Waals surface area contributed by atoms with E-state index < -0.39 is 5.97 Å². The van der Waals surface area contributed by atoms with Gasteiger partial charge in [0.1, 0.15) is 16.4 Å². The largest absolute Gasteiger partial charge is 0.478 e. The number of aromatic nitrogens is 3. The Bertz CT molecular complexity index is 646. The van der Waals surface area contributed by atoms with Crippen LogP contribution in [0.5, 0.6) is 0 Å². The number of aryl methyl sites for hydroxylation is 2. The Hall–Kier alpha value is -1.18. The van der Waals surface area contributed by atoms with Crippen molar-refractivity contribution in [2.75, 3.05) is 0 Å². The highest BCUT2D eigenvalue weighted by atomic mass is 35.5. The van der Waals surface area contributed by atoms with Gasteiger partial charge in [0.05, 0.1) is 5.69 Å². The number of thioether (sulfide) groups is 1. The van der Waals surface area contributed by atoms with Crippen LogP contribution in [0.1, 0.15) is 33.7 Å².